The van der Waals surface area contributed by atoms with E-state index in [1.807, 2.05) is 36.4 Å². The molecule has 5 heteroatoms. The predicted molar refractivity (Wildman–Crippen MR) is 95.6 cm³/mol. The van der Waals surface area contributed by atoms with E-state index in [4.69, 9.17) is 21.4 Å². The average molecular weight is 348 g/mol. The largest absolute Gasteiger partial charge is 0.495 e. The lowest BCUT2D eigenvalue weighted by molar-refractivity contribution is -0.137. The second-order valence-electron chi connectivity index (χ2n) is 5.67. The highest BCUT2D eigenvalue weighted by molar-refractivity contribution is 6.32. The number of benzene rings is 2. The van der Waals surface area contributed by atoms with Crippen LogP contribution in [0, 0.1) is 0 Å². The molecule has 0 aliphatic rings. The summed E-state index contributed by atoms with van der Waals surface area (Å²) in [7, 11) is 1.58. The quantitative estimate of drug-likeness (QED) is 0.722. The summed E-state index contributed by atoms with van der Waals surface area (Å²) in [6, 6.07) is 15.8. The molecule has 0 heterocycles. The first-order chi connectivity index (χ1) is 11.6. The van der Waals surface area contributed by atoms with Crippen LogP contribution in [0.25, 0.3) is 0 Å². The molecule has 24 heavy (non-hydrogen) atoms. The van der Waals surface area contributed by atoms with E-state index in [0.717, 1.165) is 12.0 Å². The molecule has 0 aromatic heterocycles. The van der Waals surface area contributed by atoms with Gasteiger partial charge in [0.15, 0.2) is 0 Å². The number of carboxylic acids is 1. The second-order valence-corrected chi connectivity index (χ2v) is 6.08. The van der Waals surface area contributed by atoms with E-state index in [2.05, 4.69) is 17.4 Å². The summed E-state index contributed by atoms with van der Waals surface area (Å²) in [5.41, 5.74) is 2.22. The molecule has 1 atom stereocenters. The van der Waals surface area contributed by atoms with Crippen molar-refractivity contribution in [2.24, 2.45) is 0 Å². The zero-order valence-corrected chi connectivity index (χ0v) is 14.4. The average Bonchev–Trinajstić information content (AvgIpc) is 2.58. The van der Waals surface area contributed by atoms with Crippen molar-refractivity contribution in [1.29, 1.82) is 0 Å². The van der Waals surface area contributed by atoms with Gasteiger partial charge in [0.2, 0.25) is 0 Å². The van der Waals surface area contributed by atoms with Gasteiger partial charge in [-0.15, -0.1) is 0 Å². The lowest BCUT2D eigenvalue weighted by Crippen LogP contribution is -2.31. The number of rotatable bonds is 9. The van der Waals surface area contributed by atoms with Crippen molar-refractivity contribution in [3.05, 3.63) is 64.7 Å². The molecule has 2 N–H and O–H groups in total. The van der Waals surface area contributed by atoms with Crippen LogP contribution in [0.3, 0.4) is 0 Å². The van der Waals surface area contributed by atoms with Gasteiger partial charge in [-0.1, -0.05) is 48.0 Å². The number of methoxy groups -OCH3 is 1. The highest BCUT2D eigenvalue weighted by Crippen LogP contribution is 2.25. The molecule has 0 aliphatic carbocycles. The van der Waals surface area contributed by atoms with Gasteiger partial charge in [-0.05, 0) is 36.1 Å². The van der Waals surface area contributed by atoms with Crippen molar-refractivity contribution in [3.8, 4) is 5.75 Å². The fourth-order valence-electron chi connectivity index (χ4n) is 2.55. The number of aliphatic carboxylic acids is 1. The van der Waals surface area contributed by atoms with Gasteiger partial charge >= 0.3 is 5.97 Å². The van der Waals surface area contributed by atoms with Gasteiger partial charge in [-0.3, -0.25) is 4.79 Å². The predicted octanol–water partition coefficient (Wildman–Crippen LogP) is 3.91. The SMILES string of the molecule is COc1ccc(CNC(CCC(=O)O)Cc2ccccc2)cc1Cl. The Kier molecular flexibility index (Phi) is 7.09. The number of nitrogens with one attached hydrogen (secondary N) is 1. The zero-order chi connectivity index (χ0) is 17.4. The molecule has 4 nitrogen and oxygen atoms in total. The van der Waals surface area contributed by atoms with E-state index in [1.165, 1.54) is 5.56 Å². The normalized spacial score (nSPS) is 11.9. The van der Waals surface area contributed by atoms with Gasteiger partial charge in [0.05, 0.1) is 12.1 Å². The van der Waals surface area contributed by atoms with Crippen molar-refractivity contribution in [1.82, 2.24) is 5.32 Å². The van der Waals surface area contributed by atoms with Crippen molar-refractivity contribution >= 4 is 17.6 Å². The van der Waals surface area contributed by atoms with Gasteiger partial charge in [0.1, 0.15) is 5.75 Å². The fourth-order valence-corrected chi connectivity index (χ4v) is 2.83. The lowest BCUT2D eigenvalue weighted by atomic mass is 10.0. The standard InChI is InChI=1S/C19H22ClNO3/c1-24-18-9-7-15(12-17(18)20)13-21-16(8-10-19(22)23)11-14-5-3-2-4-6-14/h2-7,9,12,16,21H,8,10-11,13H2,1H3,(H,22,23). The molecule has 0 saturated heterocycles. The molecule has 0 amide bonds. The Labute approximate surface area is 147 Å². The summed E-state index contributed by atoms with van der Waals surface area (Å²) >= 11 is 6.15. The van der Waals surface area contributed by atoms with E-state index in [9.17, 15) is 4.79 Å². The number of carboxylic acid groups (broad SMARTS) is 1. The Hall–Kier alpha value is -2.04. The summed E-state index contributed by atoms with van der Waals surface area (Å²) in [6.07, 6.45) is 1.51. The van der Waals surface area contributed by atoms with Crippen LogP contribution in [0.4, 0.5) is 0 Å². The molecule has 2 aromatic carbocycles. The topological polar surface area (TPSA) is 58.6 Å². The molecule has 1 unspecified atom stereocenters. The van der Waals surface area contributed by atoms with Crippen LogP contribution in [-0.2, 0) is 17.8 Å². The third-order valence-corrected chi connectivity index (χ3v) is 4.14. The summed E-state index contributed by atoms with van der Waals surface area (Å²) < 4.78 is 5.15. The summed E-state index contributed by atoms with van der Waals surface area (Å²) in [5.74, 6) is -0.130. The van der Waals surface area contributed by atoms with Gasteiger partial charge < -0.3 is 15.2 Å². The monoisotopic (exact) mass is 347 g/mol. The number of carbonyl (C=O) groups is 1. The van der Waals surface area contributed by atoms with Crippen molar-refractivity contribution < 1.29 is 14.6 Å². The van der Waals surface area contributed by atoms with Gasteiger partial charge in [0.25, 0.3) is 0 Å². The highest BCUT2D eigenvalue weighted by atomic mass is 35.5. The first kappa shape index (κ1) is 18.3. The first-order valence-corrected chi connectivity index (χ1v) is 8.28. The summed E-state index contributed by atoms with van der Waals surface area (Å²) in [6.45, 7) is 0.626. The van der Waals surface area contributed by atoms with Crippen molar-refractivity contribution in [2.75, 3.05) is 7.11 Å². The minimum absolute atomic E-state index is 0.0874. The van der Waals surface area contributed by atoms with Gasteiger partial charge in [-0.25, -0.2) is 0 Å². The maximum absolute atomic E-state index is 10.9. The van der Waals surface area contributed by atoms with E-state index in [1.54, 1.807) is 7.11 Å². The Balaban J connectivity index is 1.99. The number of halogens is 1. The van der Waals surface area contributed by atoms with Crippen molar-refractivity contribution in [2.45, 2.75) is 31.8 Å². The smallest absolute Gasteiger partial charge is 0.303 e. The molecule has 0 aliphatic heterocycles. The number of hydrogen-bond donors (Lipinski definition) is 2. The first-order valence-electron chi connectivity index (χ1n) is 7.90. The van der Waals surface area contributed by atoms with Crippen LogP contribution in [-0.4, -0.2) is 24.2 Å². The van der Waals surface area contributed by atoms with Crippen LogP contribution >= 0.6 is 11.6 Å². The molecular formula is C19H22ClNO3. The second kappa shape index (κ2) is 9.30. The van der Waals surface area contributed by atoms with Crippen molar-refractivity contribution in [3.63, 3.8) is 0 Å². The fraction of sp³-hybridized carbons (Fsp3) is 0.316. The van der Waals surface area contributed by atoms with Crippen LogP contribution < -0.4 is 10.1 Å². The Bertz CT molecular complexity index is 661. The Morgan fingerprint density at radius 2 is 1.96 bits per heavy atom. The maximum Gasteiger partial charge on any atom is 0.303 e. The summed E-state index contributed by atoms with van der Waals surface area (Å²) in [5, 5.41) is 13.0. The van der Waals surface area contributed by atoms with E-state index >= 15 is 0 Å². The molecule has 2 rings (SSSR count). The highest BCUT2D eigenvalue weighted by Gasteiger charge is 2.12. The molecule has 128 valence electrons. The van der Waals surface area contributed by atoms with Gasteiger partial charge in [0, 0.05) is 19.0 Å². The third-order valence-electron chi connectivity index (χ3n) is 3.84. The molecule has 2 aromatic rings. The molecular weight excluding hydrogens is 326 g/mol. The molecule has 0 radical (unpaired) electrons. The van der Waals surface area contributed by atoms with Crippen LogP contribution in [0.5, 0.6) is 5.75 Å². The zero-order valence-electron chi connectivity index (χ0n) is 13.7. The third kappa shape index (κ3) is 5.87. The number of ether oxygens (including phenoxy) is 1. The maximum atomic E-state index is 10.9. The van der Waals surface area contributed by atoms with E-state index < -0.39 is 5.97 Å². The molecule has 0 saturated carbocycles. The van der Waals surface area contributed by atoms with E-state index in [0.29, 0.717) is 23.7 Å². The minimum atomic E-state index is -0.776. The van der Waals surface area contributed by atoms with Gasteiger partial charge in [-0.2, -0.15) is 0 Å². The van der Waals surface area contributed by atoms with Crippen LogP contribution in [0.15, 0.2) is 48.5 Å². The Morgan fingerprint density at radius 3 is 2.58 bits per heavy atom. The van der Waals surface area contributed by atoms with Crippen LogP contribution in [0.2, 0.25) is 5.02 Å². The lowest BCUT2D eigenvalue weighted by Gasteiger charge is -2.18. The summed E-state index contributed by atoms with van der Waals surface area (Å²) in [4.78, 5) is 10.9. The number of hydrogen-bond acceptors (Lipinski definition) is 3. The van der Waals surface area contributed by atoms with E-state index in [-0.39, 0.29) is 12.5 Å². The molecule has 0 bridgehead atoms. The Morgan fingerprint density at radius 1 is 1.21 bits per heavy atom. The molecule has 0 spiro atoms. The van der Waals surface area contributed by atoms with Crippen LogP contribution in [0.1, 0.15) is 24.0 Å². The minimum Gasteiger partial charge on any atom is -0.495 e. The molecule has 0 fully saturated rings.